The molecular weight excluding hydrogens is 1260 g/mol. The quantitative estimate of drug-likeness (QED) is 0.0718. The van der Waals surface area contributed by atoms with Crippen molar-refractivity contribution in [2.24, 2.45) is 0 Å². The van der Waals surface area contributed by atoms with Crippen LogP contribution in [0.15, 0.2) is 143 Å². The van der Waals surface area contributed by atoms with Crippen LogP contribution in [0.4, 0.5) is 0 Å². The number of pyridine rings is 3. The Labute approximate surface area is 581 Å². The summed E-state index contributed by atoms with van der Waals surface area (Å²) in [5.41, 5.74) is 15.5. The summed E-state index contributed by atoms with van der Waals surface area (Å²) in [6.45, 7) is 25.1. The van der Waals surface area contributed by atoms with Gasteiger partial charge >= 0.3 is 0 Å². The Hall–Kier alpha value is -12.0. The number of rotatable bonds is 18. The van der Waals surface area contributed by atoms with Gasteiger partial charge in [0.05, 0.1) is 52.8 Å². The van der Waals surface area contributed by atoms with Gasteiger partial charge in [-0.2, -0.15) is 10.5 Å². The Bertz CT molecular complexity index is 5280. The van der Waals surface area contributed by atoms with Gasteiger partial charge in [-0.25, -0.2) is 15.0 Å². The normalized spacial score (nSPS) is 11.2. The van der Waals surface area contributed by atoms with E-state index < -0.39 is 0 Å². The van der Waals surface area contributed by atoms with Crippen LogP contribution >= 0.6 is 0 Å². The van der Waals surface area contributed by atoms with Crippen LogP contribution < -0.4 is 32.6 Å². The zero-order valence-corrected chi connectivity index (χ0v) is 58.4. The number of nitrogens with zero attached hydrogens (tertiary/aromatic N) is 17. The Morgan fingerprint density at radius 1 is 0.410 bits per heavy atom. The first-order valence-corrected chi connectivity index (χ1v) is 32.4. The average Bonchev–Trinajstić information content (AvgIpc) is 1.60. The van der Waals surface area contributed by atoms with Crippen LogP contribution in [-0.2, 0) is 19.6 Å². The van der Waals surface area contributed by atoms with Crippen LogP contribution in [0.3, 0.4) is 0 Å². The van der Waals surface area contributed by atoms with Gasteiger partial charge in [-0.3, -0.25) is 38.5 Å². The van der Waals surface area contributed by atoms with E-state index >= 15 is 0 Å². The maximum atomic E-state index is 12.3. The smallest absolute Gasteiger partial charge is 0.268 e. The molecule has 0 aliphatic carbocycles. The minimum atomic E-state index is -0.243. The summed E-state index contributed by atoms with van der Waals surface area (Å²) in [7, 11) is 5.72. The minimum Gasteiger partial charge on any atom is -0.415 e. The molecule has 0 radical (unpaired) electrons. The number of nitrogens with one attached hydrogen (secondary N) is 3. The van der Waals surface area contributed by atoms with E-state index in [1.807, 2.05) is 139 Å². The van der Waals surface area contributed by atoms with Gasteiger partial charge < -0.3 is 33.8 Å². The number of hydrogen-bond acceptors (Lipinski definition) is 23. The molecule has 0 saturated carbocycles. The third kappa shape index (κ3) is 15.2. The highest BCUT2D eigenvalue weighted by atomic mass is 16.4. The minimum absolute atomic E-state index is 0. The van der Waals surface area contributed by atoms with Crippen molar-refractivity contribution < 1.29 is 17.5 Å². The molecule has 0 aliphatic rings. The number of aromatic nitrogens is 15. The molecule has 100 heavy (non-hydrogen) atoms. The molecule has 0 unspecified atom stereocenters. The monoisotopic (exact) mass is 1350 g/mol. The van der Waals surface area contributed by atoms with Gasteiger partial charge in [-0.05, 0) is 175 Å². The highest BCUT2D eigenvalue weighted by Crippen LogP contribution is 2.34. The average molecular weight is 1350 g/mol. The summed E-state index contributed by atoms with van der Waals surface area (Å²) in [4.78, 5) is 64.5. The third-order valence-electron chi connectivity index (χ3n) is 16.4. The lowest BCUT2D eigenvalue weighted by molar-refractivity contribution is 0.563. The van der Waals surface area contributed by atoms with Crippen molar-refractivity contribution in [3.8, 4) is 115 Å². The molecular formula is C74H82N20O6. The van der Waals surface area contributed by atoms with Gasteiger partial charge in [0.2, 0.25) is 17.7 Å². The van der Waals surface area contributed by atoms with Crippen LogP contribution in [-0.4, -0.2) is 95.3 Å². The lowest BCUT2D eigenvalue weighted by atomic mass is 10.1. The fourth-order valence-electron chi connectivity index (χ4n) is 11.5. The second-order valence-electron chi connectivity index (χ2n) is 24.5. The Balaban J connectivity index is 0.000000213. The zero-order chi connectivity index (χ0) is 71.6. The van der Waals surface area contributed by atoms with Gasteiger partial charge in [0, 0.05) is 99.3 Å². The Morgan fingerprint density at radius 3 is 1.10 bits per heavy atom. The maximum absolute atomic E-state index is 12.3. The van der Waals surface area contributed by atoms with E-state index in [1.165, 1.54) is 26.8 Å². The Morgan fingerprint density at radius 2 is 0.730 bits per heavy atom. The summed E-state index contributed by atoms with van der Waals surface area (Å²) in [6, 6.07) is 33.4. The molecule has 0 aliphatic heterocycles. The molecule has 0 bridgehead atoms. The number of nitriles is 2. The molecule has 0 amide bonds. The van der Waals surface area contributed by atoms with Crippen molar-refractivity contribution in [1.29, 1.82) is 10.5 Å². The van der Waals surface area contributed by atoms with Gasteiger partial charge in [0.1, 0.15) is 40.6 Å². The predicted molar refractivity (Wildman–Crippen MR) is 385 cm³/mol. The van der Waals surface area contributed by atoms with Gasteiger partial charge in [-0.1, -0.05) is 36.4 Å². The molecule has 0 spiro atoms. The molecule has 26 nitrogen and oxygen atoms in total. The van der Waals surface area contributed by atoms with Crippen LogP contribution in [0.1, 0.15) is 126 Å². The largest absolute Gasteiger partial charge is 0.415 e. The maximum Gasteiger partial charge on any atom is 0.268 e. The molecule has 26 heteroatoms. The molecule has 12 rings (SSSR count). The van der Waals surface area contributed by atoms with E-state index in [4.69, 9.17) is 18.2 Å². The van der Waals surface area contributed by atoms with Crippen LogP contribution in [0.2, 0.25) is 0 Å². The molecule has 12 aromatic rings. The lowest BCUT2D eigenvalue weighted by Crippen LogP contribution is -2.24. The van der Waals surface area contributed by atoms with Crippen molar-refractivity contribution in [2.45, 2.75) is 121 Å². The number of hydrogen-bond donors (Lipinski definition) is 3. The Kier molecular flexibility index (Phi) is 22.0. The molecule has 0 atom stereocenters. The predicted octanol–water partition coefficient (Wildman–Crippen LogP) is 12.3. The highest BCUT2D eigenvalue weighted by Gasteiger charge is 2.24. The van der Waals surface area contributed by atoms with E-state index in [2.05, 4.69) is 95.7 Å². The van der Waals surface area contributed by atoms with Crippen molar-refractivity contribution in [3.63, 3.8) is 0 Å². The molecule has 3 N–H and O–H groups in total. The summed E-state index contributed by atoms with van der Waals surface area (Å²) < 4.78 is 22.6. The van der Waals surface area contributed by atoms with Crippen LogP contribution in [0.25, 0.3) is 103 Å². The van der Waals surface area contributed by atoms with Crippen molar-refractivity contribution >= 4 is 0 Å². The molecule has 0 saturated heterocycles. The molecule has 3 aromatic carbocycles. The second-order valence-corrected chi connectivity index (χ2v) is 24.5. The summed E-state index contributed by atoms with van der Waals surface area (Å²) in [5.74, 6) is 1.97. The SMILES string of the molecule is CNCc1ccc(-c2nnc(-c3nc(-c4ccc(=O)n(C(C)C)c4C#N)cnc3C)o2)c(C)c1.CNCc1ccc(-c2nnc(-c3nc(-c4ccc(=O)n(C(C)C)c4C#N)cnc3C)o2)cc1.CNCc1ccc(-c2nnc(-c3nc(-c4ccc(=O)n(C(C)C)c4C)cnc3C)o2)c(C)c1.[HH].[HH].[HH]. The zero-order valence-electron chi connectivity index (χ0n) is 58.4. The van der Waals surface area contributed by atoms with E-state index in [1.54, 1.807) is 61.3 Å². The van der Waals surface area contributed by atoms with E-state index in [9.17, 15) is 24.9 Å². The van der Waals surface area contributed by atoms with E-state index in [0.717, 1.165) is 69.8 Å². The van der Waals surface area contributed by atoms with E-state index in [0.29, 0.717) is 85.9 Å². The molecule has 514 valence electrons. The molecule has 9 aromatic heterocycles. The standard InChI is InChI=1S/C25H25N7O2.C25H28N6O2.C24H23N7O2.3H2/c1-14(2)32-21(11-26)19(8-9-22(32)33)20-13-28-16(4)23(29-20)25-31-30-24(34-25)18-7-6-17(12-27-5)10-15(18)3;1-14(2)31-17(5)20(9-10-22(31)32)21-13-27-16(4)23(28-21)25-30-29-24(33-25)19-8-7-18(12-26-6)11-15(19)3;1-14(2)31-20(11-25)18(9-10-21(31)32)19-13-27-15(3)22(28-19)24-30-29-23(33-24)17-7-5-16(6-8-17)12-26-4;;;/h6-10,13-14,27H,12H2,1-5H3;7-11,13-14,26H,12H2,1-6H3;5-10,13-14,26H,12H2,1-4H3;3*1H. The summed E-state index contributed by atoms with van der Waals surface area (Å²) >= 11 is 0. The molecule has 9 heterocycles. The van der Waals surface area contributed by atoms with Crippen molar-refractivity contribution in [3.05, 3.63) is 209 Å². The fraction of sp³-hybridized carbons (Fsp3) is 0.284. The molecule has 0 fully saturated rings. The third-order valence-corrected chi connectivity index (χ3v) is 16.4. The topological polar surface area (TPSA) is 344 Å². The highest BCUT2D eigenvalue weighted by molar-refractivity contribution is 5.71. The first kappa shape index (κ1) is 70.8. The number of benzene rings is 3. The first-order valence-electron chi connectivity index (χ1n) is 32.4. The van der Waals surface area contributed by atoms with Crippen molar-refractivity contribution in [1.82, 2.24) is 90.1 Å². The van der Waals surface area contributed by atoms with E-state index in [-0.39, 0.29) is 62.3 Å². The fourth-order valence-corrected chi connectivity index (χ4v) is 11.5. The number of aryl methyl sites for hydroxylation is 5. The second kappa shape index (κ2) is 31.1. The van der Waals surface area contributed by atoms with Crippen molar-refractivity contribution in [2.75, 3.05) is 21.1 Å². The van der Waals surface area contributed by atoms with Gasteiger partial charge in [-0.15, -0.1) is 30.6 Å². The lowest BCUT2D eigenvalue weighted by Gasteiger charge is -2.17. The van der Waals surface area contributed by atoms with Gasteiger partial charge in [0.25, 0.3) is 34.3 Å². The van der Waals surface area contributed by atoms with Crippen LogP contribution in [0, 0.1) is 64.2 Å². The first-order chi connectivity index (χ1) is 48.1. The van der Waals surface area contributed by atoms with Crippen LogP contribution in [0.5, 0.6) is 0 Å². The van der Waals surface area contributed by atoms with Gasteiger partial charge in [0.15, 0.2) is 0 Å². The summed E-state index contributed by atoms with van der Waals surface area (Å²) in [6.07, 6.45) is 4.85. The summed E-state index contributed by atoms with van der Waals surface area (Å²) in [5, 5.41) is 54.2.